The van der Waals surface area contributed by atoms with Gasteiger partial charge in [-0.05, 0) is 61.6 Å². The van der Waals surface area contributed by atoms with Gasteiger partial charge in [-0.25, -0.2) is 0 Å². The zero-order valence-corrected chi connectivity index (χ0v) is 14.1. The molecule has 114 valence electrons. The molecule has 4 heteroatoms. The average Bonchev–Trinajstić information content (AvgIpc) is 2.45. The molecular formula is C18H19BrN2O. The standard InChI is InChI=1S/C18H19BrN2O/c1-12-6-7-15(20)11-16(12)17(22)21-18(8-3-9-18)13-4-2-5-14(19)10-13/h2,4-7,10-11H,3,8-9,20H2,1H3,(H,21,22). The minimum atomic E-state index is -0.252. The van der Waals surface area contributed by atoms with Crippen molar-refractivity contribution in [3.05, 3.63) is 63.6 Å². The molecule has 1 amide bonds. The van der Waals surface area contributed by atoms with E-state index in [-0.39, 0.29) is 11.4 Å². The number of hydrogen-bond acceptors (Lipinski definition) is 2. The van der Waals surface area contributed by atoms with Crippen LogP contribution in [0.4, 0.5) is 5.69 Å². The molecule has 0 saturated heterocycles. The number of aryl methyl sites for hydroxylation is 1. The molecule has 3 nitrogen and oxygen atoms in total. The molecule has 0 atom stereocenters. The van der Waals surface area contributed by atoms with Crippen molar-refractivity contribution in [2.24, 2.45) is 0 Å². The Labute approximate surface area is 139 Å². The fraction of sp³-hybridized carbons (Fsp3) is 0.278. The van der Waals surface area contributed by atoms with Crippen LogP contribution in [0.2, 0.25) is 0 Å². The fourth-order valence-electron chi connectivity index (χ4n) is 2.97. The molecule has 2 aromatic rings. The summed E-state index contributed by atoms with van der Waals surface area (Å²) in [5, 5.41) is 3.24. The van der Waals surface area contributed by atoms with E-state index in [1.165, 1.54) is 0 Å². The molecule has 0 aromatic heterocycles. The summed E-state index contributed by atoms with van der Waals surface area (Å²) in [5.74, 6) is -0.0514. The highest BCUT2D eigenvalue weighted by molar-refractivity contribution is 9.10. The van der Waals surface area contributed by atoms with Crippen molar-refractivity contribution in [3.63, 3.8) is 0 Å². The van der Waals surface area contributed by atoms with Crippen molar-refractivity contribution < 1.29 is 4.79 Å². The zero-order chi connectivity index (χ0) is 15.7. The second kappa shape index (κ2) is 5.76. The molecule has 3 N–H and O–H groups in total. The van der Waals surface area contributed by atoms with Crippen molar-refractivity contribution >= 4 is 27.5 Å². The van der Waals surface area contributed by atoms with Gasteiger partial charge in [-0.15, -0.1) is 0 Å². The van der Waals surface area contributed by atoms with Gasteiger partial charge in [0.15, 0.2) is 0 Å². The summed E-state index contributed by atoms with van der Waals surface area (Å²) in [7, 11) is 0. The molecule has 0 unspecified atom stereocenters. The molecule has 1 fully saturated rings. The molecule has 22 heavy (non-hydrogen) atoms. The molecule has 0 spiro atoms. The average molecular weight is 359 g/mol. The van der Waals surface area contributed by atoms with Crippen molar-refractivity contribution in [3.8, 4) is 0 Å². The Hall–Kier alpha value is -1.81. The Morgan fingerprint density at radius 3 is 2.64 bits per heavy atom. The fourth-order valence-corrected chi connectivity index (χ4v) is 3.37. The van der Waals surface area contributed by atoms with E-state index in [0.717, 1.165) is 34.9 Å². The van der Waals surface area contributed by atoms with Crippen LogP contribution in [-0.4, -0.2) is 5.91 Å². The molecule has 1 aliphatic rings. The van der Waals surface area contributed by atoms with Crippen LogP contribution in [-0.2, 0) is 5.54 Å². The number of amides is 1. The van der Waals surface area contributed by atoms with E-state index in [0.29, 0.717) is 11.3 Å². The van der Waals surface area contributed by atoms with Gasteiger partial charge in [0.2, 0.25) is 0 Å². The number of halogens is 1. The van der Waals surface area contributed by atoms with Crippen LogP contribution in [0, 0.1) is 6.92 Å². The van der Waals surface area contributed by atoms with Crippen LogP contribution in [0.1, 0.15) is 40.7 Å². The summed E-state index contributed by atoms with van der Waals surface area (Å²) < 4.78 is 1.03. The first-order valence-electron chi connectivity index (χ1n) is 7.45. The van der Waals surface area contributed by atoms with Gasteiger partial charge >= 0.3 is 0 Å². The van der Waals surface area contributed by atoms with Crippen LogP contribution >= 0.6 is 15.9 Å². The summed E-state index contributed by atoms with van der Waals surface area (Å²) in [6.07, 6.45) is 3.07. The molecule has 1 saturated carbocycles. The van der Waals surface area contributed by atoms with Crippen LogP contribution in [0.15, 0.2) is 46.9 Å². The van der Waals surface area contributed by atoms with Gasteiger partial charge in [-0.2, -0.15) is 0 Å². The topological polar surface area (TPSA) is 55.1 Å². The van der Waals surface area contributed by atoms with Gasteiger partial charge in [0.1, 0.15) is 0 Å². The number of carbonyl (C=O) groups is 1. The smallest absolute Gasteiger partial charge is 0.252 e. The minimum absolute atomic E-state index is 0.0514. The Kier molecular flexibility index (Phi) is 3.96. The van der Waals surface area contributed by atoms with Gasteiger partial charge in [-0.3, -0.25) is 4.79 Å². The molecular weight excluding hydrogens is 340 g/mol. The van der Waals surface area contributed by atoms with Gasteiger partial charge in [0.05, 0.1) is 5.54 Å². The summed E-state index contributed by atoms with van der Waals surface area (Å²) in [5.41, 5.74) is 8.93. The summed E-state index contributed by atoms with van der Waals surface area (Å²) in [6, 6.07) is 13.6. The highest BCUT2D eigenvalue weighted by atomic mass is 79.9. The molecule has 0 bridgehead atoms. The SMILES string of the molecule is Cc1ccc(N)cc1C(=O)NC1(c2cccc(Br)c2)CCC1. The zero-order valence-electron chi connectivity index (χ0n) is 12.5. The van der Waals surface area contributed by atoms with Gasteiger partial charge in [-0.1, -0.05) is 34.1 Å². The maximum Gasteiger partial charge on any atom is 0.252 e. The summed E-state index contributed by atoms with van der Waals surface area (Å²) in [4.78, 5) is 12.7. The molecule has 2 aromatic carbocycles. The summed E-state index contributed by atoms with van der Waals surface area (Å²) >= 11 is 3.51. The van der Waals surface area contributed by atoms with E-state index in [2.05, 4.69) is 33.4 Å². The van der Waals surface area contributed by atoms with Crippen molar-refractivity contribution in [2.75, 3.05) is 5.73 Å². The second-order valence-corrected chi connectivity index (χ2v) is 6.89. The molecule has 0 heterocycles. The lowest BCUT2D eigenvalue weighted by Crippen LogP contribution is -2.50. The Morgan fingerprint density at radius 2 is 2.00 bits per heavy atom. The number of nitrogens with one attached hydrogen (secondary N) is 1. The lowest BCUT2D eigenvalue weighted by Gasteiger charge is -2.43. The van der Waals surface area contributed by atoms with Crippen LogP contribution in [0.25, 0.3) is 0 Å². The Bertz CT molecular complexity index is 723. The lowest BCUT2D eigenvalue weighted by molar-refractivity contribution is 0.0822. The number of nitrogens with two attached hydrogens (primary N) is 1. The van der Waals surface area contributed by atoms with Crippen LogP contribution in [0.3, 0.4) is 0 Å². The lowest BCUT2D eigenvalue weighted by atomic mass is 9.71. The normalized spacial score (nSPS) is 15.9. The number of benzene rings is 2. The first-order chi connectivity index (χ1) is 10.5. The maximum absolute atomic E-state index is 12.7. The maximum atomic E-state index is 12.7. The largest absolute Gasteiger partial charge is 0.399 e. The van der Waals surface area contributed by atoms with E-state index in [1.54, 1.807) is 6.07 Å². The van der Waals surface area contributed by atoms with Crippen molar-refractivity contribution in [1.82, 2.24) is 5.32 Å². The molecule has 0 radical (unpaired) electrons. The Morgan fingerprint density at radius 1 is 1.23 bits per heavy atom. The minimum Gasteiger partial charge on any atom is -0.399 e. The number of hydrogen-bond donors (Lipinski definition) is 2. The van der Waals surface area contributed by atoms with Crippen molar-refractivity contribution in [1.29, 1.82) is 0 Å². The highest BCUT2D eigenvalue weighted by Crippen LogP contribution is 2.42. The third kappa shape index (κ3) is 2.75. The van der Waals surface area contributed by atoms with Crippen LogP contribution in [0.5, 0.6) is 0 Å². The first kappa shape index (κ1) is 15.1. The number of anilines is 1. The van der Waals surface area contributed by atoms with E-state index in [1.807, 2.05) is 31.2 Å². The third-order valence-corrected chi connectivity index (χ3v) is 4.94. The number of carbonyl (C=O) groups excluding carboxylic acids is 1. The third-order valence-electron chi connectivity index (χ3n) is 4.44. The van der Waals surface area contributed by atoms with E-state index < -0.39 is 0 Å². The summed E-state index contributed by atoms with van der Waals surface area (Å²) in [6.45, 7) is 1.93. The predicted octanol–water partition coefficient (Wildman–Crippen LogP) is 4.15. The Balaban J connectivity index is 1.90. The van der Waals surface area contributed by atoms with Gasteiger partial charge in [0.25, 0.3) is 5.91 Å². The van der Waals surface area contributed by atoms with Gasteiger partial charge in [0, 0.05) is 15.7 Å². The van der Waals surface area contributed by atoms with Crippen LogP contribution < -0.4 is 11.1 Å². The predicted molar refractivity (Wildman–Crippen MR) is 92.7 cm³/mol. The number of rotatable bonds is 3. The highest BCUT2D eigenvalue weighted by Gasteiger charge is 2.40. The van der Waals surface area contributed by atoms with Gasteiger partial charge < -0.3 is 11.1 Å². The quantitative estimate of drug-likeness (QED) is 0.809. The second-order valence-electron chi connectivity index (χ2n) is 5.97. The molecule has 3 rings (SSSR count). The monoisotopic (exact) mass is 358 g/mol. The number of nitrogen functional groups attached to an aromatic ring is 1. The van der Waals surface area contributed by atoms with E-state index >= 15 is 0 Å². The van der Waals surface area contributed by atoms with E-state index in [9.17, 15) is 4.79 Å². The van der Waals surface area contributed by atoms with E-state index in [4.69, 9.17) is 5.73 Å². The molecule has 1 aliphatic carbocycles. The van der Waals surface area contributed by atoms with Crippen molar-refractivity contribution in [2.45, 2.75) is 31.7 Å². The molecule has 0 aliphatic heterocycles. The first-order valence-corrected chi connectivity index (χ1v) is 8.24.